The van der Waals surface area contributed by atoms with Crippen molar-refractivity contribution in [3.63, 3.8) is 0 Å². The van der Waals surface area contributed by atoms with Crippen LogP contribution in [0.5, 0.6) is 0 Å². The summed E-state index contributed by atoms with van der Waals surface area (Å²) in [5, 5.41) is 10.4. The first-order valence-corrected chi connectivity index (χ1v) is 10.9. The summed E-state index contributed by atoms with van der Waals surface area (Å²) in [6.07, 6.45) is -5.28. The number of piperidine rings is 1. The Labute approximate surface area is 177 Å². The predicted octanol–water partition coefficient (Wildman–Crippen LogP) is 5.20. The highest BCUT2D eigenvalue weighted by molar-refractivity contribution is 7.99. The molecule has 1 N–H and O–H groups in total. The van der Waals surface area contributed by atoms with Crippen LogP contribution >= 0.6 is 11.8 Å². The van der Waals surface area contributed by atoms with Crippen molar-refractivity contribution in [3.05, 3.63) is 54.1 Å². The Morgan fingerprint density at radius 3 is 2.40 bits per heavy atom. The number of rotatable bonds is 4. The number of fused-ring (bicyclic) bond motifs is 1. The third kappa shape index (κ3) is 4.59. The molecule has 160 valence electrons. The summed E-state index contributed by atoms with van der Waals surface area (Å²) in [4.78, 5) is 17.8. The van der Waals surface area contributed by atoms with E-state index in [1.54, 1.807) is 28.8 Å². The van der Waals surface area contributed by atoms with Gasteiger partial charge in [0.1, 0.15) is 0 Å². The van der Waals surface area contributed by atoms with Gasteiger partial charge < -0.3 is 14.9 Å². The van der Waals surface area contributed by atoms with E-state index in [4.69, 9.17) is 0 Å². The smallest absolute Gasteiger partial charge is 0.389 e. The van der Waals surface area contributed by atoms with E-state index >= 15 is 0 Å². The van der Waals surface area contributed by atoms with Crippen LogP contribution in [0, 0.1) is 0 Å². The molecule has 1 fully saturated rings. The third-order valence-electron chi connectivity index (χ3n) is 5.79. The van der Waals surface area contributed by atoms with Gasteiger partial charge in [-0.1, -0.05) is 12.1 Å². The lowest BCUT2D eigenvalue weighted by Gasteiger charge is -2.38. The summed E-state index contributed by atoms with van der Waals surface area (Å²) in [6, 6.07) is 15.6. The molecular weight excluding hydrogens is 413 g/mol. The van der Waals surface area contributed by atoms with E-state index in [-0.39, 0.29) is 38.3 Å². The van der Waals surface area contributed by atoms with E-state index in [1.165, 1.54) is 4.90 Å². The molecule has 4 nitrogen and oxygen atoms in total. The molecule has 30 heavy (non-hydrogen) atoms. The van der Waals surface area contributed by atoms with Crippen molar-refractivity contribution in [2.45, 2.75) is 42.4 Å². The summed E-state index contributed by atoms with van der Waals surface area (Å²) in [7, 11) is 0. The Kier molecular flexibility index (Phi) is 5.72. The van der Waals surface area contributed by atoms with Crippen LogP contribution in [0.2, 0.25) is 0 Å². The first-order chi connectivity index (χ1) is 14.2. The van der Waals surface area contributed by atoms with E-state index in [9.17, 15) is 23.1 Å². The number of carbonyl (C=O) groups is 1. The number of benzene rings is 2. The molecule has 1 amide bonds. The van der Waals surface area contributed by atoms with Gasteiger partial charge in [-0.25, -0.2) is 0 Å². The van der Waals surface area contributed by atoms with E-state index in [1.807, 2.05) is 24.3 Å². The number of thioether (sulfide) groups is 1. The van der Waals surface area contributed by atoms with Crippen LogP contribution in [0.4, 0.5) is 24.5 Å². The zero-order chi connectivity index (χ0) is 21.4. The fraction of sp³-hybridized carbons (Fsp3) is 0.409. The molecule has 0 atom stereocenters. The average Bonchev–Trinajstić information content (AvgIpc) is 3.16. The lowest BCUT2D eigenvalue weighted by atomic mass is 9.86. The summed E-state index contributed by atoms with van der Waals surface area (Å²) in [6.45, 7) is 0.510. The Morgan fingerprint density at radius 1 is 1.07 bits per heavy atom. The lowest BCUT2D eigenvalue weighted by Crippen LogP contribution is -2.47. The third-order valence-corrected chi connectivity index (χ3v) is 6.83. The molecule has 4 rings (SSSR count). The van der Waals surface area contributed by atoms with Crippen LogP contribution in [-0.4, -0.2) is 46.7 Å². The standard InChI is InChI=1S/C22H23F3N2O2S/c23-22(24,25)10-9-21(29)11-13-26(14-12-21)20(28)16-5-7-17(8-6-16)27-15-30-19-4-2-1-3-18(19)27/h1-8,29H,9-15H2. The highest BCUT2D eigenvalue weighted by Crippen LogP contribution is 2.42. The minimum atomic E-state index is -4.28. The Balaban J connectivity index is 1.37. The molecule has 2 aliphatic rings. The molecule has 0 spiro atoms. The van der Waals surface area contributed by atoms with Gasteiger partial charge in [0.2, 0.25) is 0 Å². The molecule has 0 saturated carbocycles. The second-order valence-corrected chi connectivity index (χ2v) is 8.83. The highest BCUT2D eigenvalue weighted by Gasteiger charge is 2.38. The van der Waals surface area contributed by atoms with E-state index in [0.717, 1.165) is 17.3 Å². The molecule has 0 radical (unpaired) electrons. The van der Waals surface area contributed by atoms with Crippen molar-refractivity contribution in [1.29, 1.82) is 0 Å². The molecule has 0 unspecified atom stereocenters. The van der Waals surface area contributed by atoms with Crippen molar-refractivity contribution in [1.82, 2.24) is 4.90 Å². The van der Waals surface area contributed by atoms with Crippen LogP contribution in [0.15, 0.2) is 53.4 Å². The molecule has 2 aromatic carbocycles. The highest BCUT2D eigenvalue weighted by atomic mass is 32.2. The Hall–Kier alpha value is -2.19. The van der Waals surface area contributed by atoms with Crippen LogP contribution in [0.3, 0.4) is 0 Å². The topological polar surface area (TPSA) is 43.8 Å². The van der Waals surface area contributed by atoms with Gasteiger partial charge in [0.25, 0.3) is 5.91 Å². The second-order valence-electron chi connectivity index (χ2n) is 7.85. The van der Waals surface area contributed by atoms with E-state index < -0.39 is 18.2 Å². The minimum absolute atomic E-state index is 0.157. The SMILES string of the molecule is O=C(c1ccc(N2CSc3ccccc32)cc1)N1CCC(O)(CCC(F)(F)F)CC1. The molecule has 0 bridgehead atoms. The number of hydrogen-bond donors (Lipinski definition) is 1. The normalized spacial score (nSPS) is 18.4. The van der Waals surface area contributed by atoms with Crippen molar-refractivity contribution in [2.75, 3.05) is 23.9 Å². The largest absolute Gasteiger partial charge is 0.390 e. The maximum atomic E-state index is 12.8. The van der Waals surface area contributed by atoms with Gasteiger partial charge in [0.15, 0.2) is 0 Å². The zero-order valence-electron chi connectivity index (χ0n) is 16.4. The van der Waals surface area contributed by atoms with Crippen molar-refractivity contribution in [2.24, 2.45) is 0 Å². The Morgan fingerprint density at radius 2 is 1.73 bits per heavy atom. The molecule has 1 saturated heterocycles. The first-order valence-electron chi connectivity index (χ1n) is 9.92. The number of aliphatic hydroxyl groups is 1. The number of alkyl halides is 3. The van der Waals surface area contributed by atoms with Crippen LogP contribution in [0.25, 0.3) is 0 Å². The molecule has 8 heteroatoms. The fourth-order valence-corrected chi connectivity index (χ4v) is 4.99. The molecule has 2 heterocycles. The molecule has 2 aliphatic heterocycles. The molecule has 0 aromatic heterocycles. The summed E-state index contributed by atoms with van der Waals surface area (Å²) < 4.78 is 37.4. The Bertz CT molecular complexity index is 909. The number of nitrogens with zero attached hydrogens (tertiary/aromatic N) is 2. The van der Waals surface area contributed by atoms with Gasteiger partial charge in [0.05, 0.1) is 17.2 Å². The van der Waals surface area contributed by atoms with Gasteiger partial charge >= 0.3 is 6.18 Å². The number of amides is 1. The fourth-order valence-electron chi connectivity index (χ4n) is 3.94. The van der Waals surface area contributed by atoms with E-state index in [2.05, 4.69) is 17.0 Å². The van der Waals surface area contributed by atoms with Crippen molar-refractivity contribution >= 4 is 29.0 Å². The number of hydrogen-bond acceptors (Lipinski definition) is 4. The summed E-state index contributed by atoms with van der Waals surface area (Å²) in [5.41, 5.74) is 1.34. The first kappa shape index (κ1) is 21.1. The lowest BCUT2D eigenvalue weighted by molar-refractivity contribution is -0.150. The van der Waals surface area contributed by atoms with E-state index in [0.29, 0.717) is 5.56 Å². The quantitative estimate of drug-likeness (QED) is 0.716. The van der Waals surface area contributed by atoms with Gasteiger partial charge in [-0.15, -0.1) is 11.8 Å². The number of carbonyl (C=O) groups excluding carboxylic acids is 1. The summed E-state index contributed by atoms with van der Waals surface area (Å²) >= 11 is 1.77. The predicted molar refractivity (Wildman–Crippen MR) is 111 cm³/mol. The van der Waals surface area contributed by atoms with Crippen LogP contribution in [-0.2, 0) is 0 Å². The van der Waals surface area contributed by atoms with Gasteiger partial charge in [-0.3, -0.25) is 4.79 Å². The molecule has 0 aliphatic carbocycles. The molecule has 2 aromatic rings. The van der Waals surface area contributed by atoms with Crippen molar-refractivity contribution < 1.29 is 23.1 Å². The molecular formula is C22H23F3N2O2S. The monoisotopic (exact) mass is 436 g/mol. The van der Waals surface area contributed by atoms with Gasteiger partial charge in [-0.05, 0) is 55.7 Å². The number of halogens is 3. The maximum absolute atomic E-state index is 12.8. The van der Waals surface area contributed by atoms with Crippen LogP contribution in [0.1, 0.15) is 36.0 Å². The average molecular weight is 436 g/mol. The minimum Gasteiger partial charge on any atom is -0.390 e. The maximum Gasteiger partial charge on any atom is 0.389 e. The number of para-hydroxylation sites is 1. The van der Waals surface area contributed by atoms with Crippen molar-refractivity contribution in [3.8, 4) is 0 Å². The van der Waals surface area contributed by atoms with Crippen LogP contribution < -0.4 is 4.90 Å². The zero-order valence-corrected chi connectivity index (χ0v) is 17.2. The number of anilines is 2. The number of likely N-dealkylation sites (tertiary alicyclic amines) is 1. The summed E-state index contributed by atoms with van der Waals surface area (Å²) in [5.74, 6) is 0.658. The van der Waals surface area contributed by atoms with Gasteiger partial charge in [-0.2, -0.15) is 13.2 Å². The second kappa shape index (κ2) is 8.15. The van der Waals surface area contributed by atoms with Gasteiger partial charge in [0, 0.05) is 35.7 Å².